The number of rotatable bonds is 3. The summed E-state index contributed by atoms with van der Waals surface area (Å²) in [5, 5.41) is 9.70. The molecular weight excluding hydrogens is 209 g/mol. The Balaban J connectivity index is 2.75. The Kier molecular flexibility index (Phi) is 2.64. The highest BCUT2D eigenvalue weighted by Crippen LogP contribution is 2.25. The molecule has 0 aliphatic heterocycles. The lowest BCUT2D eigenvalue weighted by atomic mass is 10.1. The minimum absolute atomic E-state index is 0.0990. The van der Waals surface area contributed by atoms with Gasteiger partial charge in [0.2, 0.25) is 0 Å². The number of hydrogen-bond acceptors (Lipinski definition) is 1. The number of fused-ring (bicyclic) bond motifs is 1. The largest absolute Gasteiger partial charge is 0.477 e. The van der Waals surface area contributed by atoms with Crippen LogP contribution >= 0.6 is 0 Å². The molecule has 2 N–H and O–H groups in total. The summed E-state index contributed by atoms with van der Waals surface area (Å²) in [6.45, 7) is 1.96. The van der Waals surface area contributed by atoms with Crippen molar-refractivity contribution in [2.24, 2.45) is 0 Å². The molecule has 16 heavy (non-hydrogen) atoms. The van der Waals surface area contributed by atoms with Gasteiger partial charge in [0.1, 0.15) is 11.5 Å². The van der Waals surface area contributed by atoms with Crippen molar-refractivity contribution in [1.82, 2.24) is 4.98 Å². The maximum Gasteiger partial charge on any atom is 0.352 e. The highest BCUT2D eigenvalue weighted by Gasteiger charge is 2.17. The van der Waals surface area contributed by atoms with Gasteiger partial charge >= 0.3 is 5.97 Å². The number of aryl methyl sites for hydroxylation is 1. The summed E-state index contributed by atoms with van der Waals surface area (Å²) < 4.78 is 13.5. The van der Waals surface area contributed by atoms with Crippen LogP contribution in [-0.4, -0.2) is 16.1 Å². The smallest absolute Gasteiger partial charge is 0.352 e. The van der Waals surface area contributed by atoms with Gasteiger partial charge in [-0.25, -0.2) is 9.18 Å². The molecule has 84 valence electrons. The number of carboxylic acids is 1. The van der Waals surface area contributed by atoms with Crippen molar-refractivity contribution in [2.45, 2.75) is 19.8 Å². The van der Waals surface area contributed by atoms with E-state index in [0.717, 1.165) is 6.42 Å². The molecule has 3 nitrogen and oxygen atoms in total. The lowest BCUT2D eigenvalue weighted by Gasteiger charge is -1.98. The molecule has 0 saturated carbocycles. The van der Waals surface area contributed by atoms with Crippen molar-refractivity contribution in [3.05, 3.63) is 35.3 Å². The molecule has 0 bridgehead atoms. The average molecular weight is 221 g/mol. The molecular formula is C12H12FNO2. The fraction of sp³-hybridized carbons (Fsp3) is 0.250. The topological polar surface area (TPSA) is 53.1 Å². The quantitative estimate of drug-likeness (QED) is 0.837. The average Bonchev–Trinajstić information content (AvgIpc) is 2.60. The number of aromatic nitrogens is 1. The van der Waals surface area contributed by atoms with Crippen LogP contribution in [0.2, 0.25) is 0 Å². The van der Waals surface area contributed by atoms with Crippen molar-refractivity contribution in [2.75, 3.05) is 0 Å². The van der Waals surface area contributed by atoms with Gasteiger partial charge in [-0.15, -0.1) is 0 Å². The van der Waals surface area contributed by atoms with E-state index in [1.807, 2.05) is 6.92 Å². The van der Waals surface area contributed by atoms with Gasteiger partial charge in [-0.2, -0.15) is 0 Å². The lowest BCUT2D eigenvalue weighted by molar-refractivity contribution is 0.0690. The van der Waals surface area contributed by atoms with E-state index < -0.39 is 11.8 Å². The first-order valence-corrected chi connectivity index (χ1v) is 5.17. The van der Waals surface area contributed by atoms with E-state index in [1.165, 1.54) is 6.07 Å². The highest BCUT2D eigenvalue weighted by molar-refractivity contribution is 5.97. The van der Waals surface area contributed by atoms with E-state index in [2.05, 4.69) is 4.98 Å². The fourth-order valence-electron chi connectivity index (χ4n) is 1.93. The van der Waals surface area contributed by atoms with Gasteiger partial charge in [0.25, 0.3) is 0 Å². The Hall–Kier alpha value is -1.84. The predicted octanol–water partition coefficient (Wildman–Crippen LogP) is 2.96. The Morgan fingerprint density at radius 3 is 2.88 bits per heavy atom. The Labute approximate surface area is 91.9 Å². The standard InChI is InChI=1S/C12H12FNO2/c1-2-4-7-8-5-3-6-9(13)10(8)14-11(7)12(15)16/h3,5-6,14H,2,4H2,1H3,(H,15,16). The number of nitrogens with one attached hydrogen (secondary N) is 1. The SMILES string of the molecule is CCCc1c(C(=O)O)[nH]c2c(F)cccc12. The molecule has 0 radical (unpaired) electrons. The summed E-state index contributed by atoms with van der Waals surface area (Å²) in [4.78, 5) is 13.7. The second-order valence-electron chi connectivity index (χ2n) is 3.70. The molecule has 2 aromatic rings. The van der Waals surface area contributed by atoms with Crippen LogP contribution in [0, 0.1) is 5.82 Å². The molecule has 0 aliphatic rings. The van der Waals surface area contributed by atoms with Crippen molar-refractivity contribution in [3.8, 4) is 0 Å². The molecule has 4 heteroatoms. The number of aromatic amines is 1. The van der Waals surface area contributed by atoms with Gasteiger partial charge in [-0.1, -0.05) is 25.5 Å². The van der Waals surface area contributed by atoms with E-state index in [1.54, 1.807) is 12.1 Å². The van der Waals surface area contributed by atoms with Crippen molar-refractivity contribution in [1.29, 1.82) is 0 Å². The normalized spacial score (nSPS) is 10.9. The molecule has 0 atom stereocenters. The van der Waals surface area contributed by atoms with E-state index >= 15 is 0 Å². The number of H-pyrrole nitrogens is 1. The zero-order chi connectivity index (χ0) is 11.7. The summed E-state index contributed by atoms with van der Waals surface area (Å²) in [6.07, 6.45) is 1.45. The molecule has 1 heterocycles. The molecule has 2 rings (SSSR count). The van der Waals surface area contributed by atoms with Crippen LogP contribution in [0.25, 0.3) is 10.9 Å². The van der Waals surface area contributed by atoms with Crippen LogP contribution in [0.4, 0.5) is 4.39 Å². The van der Waals surface area contributed by atoms with E-state index in [0.29, 0.717) is 17.4 Å². The Morgan fingerprint density at radius 2 is 2.25 bits per heavy atom. The van der Waals surface area contributed by atoms with Crippen molar-refractivity contribution >= 4 is 16.9 Å². The fourth-order valence-corrected chi connectivity index (χ4v) is 1.93. The molecule has 0 spiro atoms. The molecule has 0 saturated heterocycles. The summed E-state index contributed by atoms with van der Waals surface area (Å²) in [7, 11) is 0. The third kappa shape index (κ3) is 1.56. The molecule has 1 aromatic carbocycles. The maximum atomic E-state index is 13.5. The first kappa shape index (κ1) is 10.7. The zero-order valence-electron chi connectivity index (χ0n) is 8.88. The van der Waals surface area contributed by atoms with Gasteiger partial charge in [0.05, 0.1) is 5.52 Å². The van der Waals surface area contributed by atoms with Crippen LogP contribution in [0.1, 0.15) is 29.4 Å². The summed E-state index contributed by atoms with van der Waals surface area (Å²) in [6, 6.07) is 4.66. The number of hydrogen-bond donors (Lipinski definition) is 2. The third-order valence-electron chi connectivity index (χ3n) is 2.60. The summed E-state index contributed by atoms with van der Waals surface area (Å²) >= 11 is 0. The van der Waals surface area contributed by atoms with Gasteiger partial charge in [-0.3, -0.25) is 0 Å². The summed E-state index contributed by atoms with van der Waals surface area (Å²) in [5.74, 6) is -1.46. The van der Waals surface area contributed by atoms with Crippen LogP contribution < -0.4 is 0 Å². The van der Waals surface area contributed by atoms with Crippen molar-refractivity contribution < 1.29 is 14.3 Å². The number of benzene rings is 1. The molecule has 1 aromatic heterocycles. The van der Waals surface area contributed by atoms with Crippen LogP contribution in [0.5, 0.6) is 0 Å². The van der Waals surface area contributed by atoms with Gasteiger partial charge in [0.15, 0.2) is 0 Å². The van der Waals surface area contributed by atoms with Gasteiger partial charge < -0.3 is 10.1 Å². The Morgan fingerprint density at radius 1 is 1.50 bits per heavy atom. The number of aromatic carboxylic acids is 1. The van der Waals surface area contributed by atoms with Gasteiger partial charge in [-0.05, 0) is 18.1 Å². The van der Waals surface area contributed by atoms with Crippen LogP contribution in [-0.2, 0) is 6.42 Å². The number of para-hydroxylation sites is 1. The zero-order valence-corrected chi connectivity index (χ0v) is 8.88. The second-order valence-corrected chi connectivity index (χ2v) is 3.70. The summed E-state index contributed by atoms with van der Waals surface area (Å²) in [5.41, 5.74) is 1.06. The molecule has 0 unspecified atom stereocenters. The Bertz CT molecular complexity index is 545. The van der Waals surface area contributed by atoms with E-state index in [4.69, 9.17) is 5.11 Å². The number of halogens is 1. The molecule has 0 aliphatic carbocycles. The van der Waals surface area contributed by atoms with E-state index in [9.17, 15) is 9.18 Å². The maximum absolute atomic E-state index is 13.5. The molecule has 0 amide bonds. The second kappa shape index (κ2) is 3.96. The number of carboxylic acid groups (broad SMARTS) is 1. The first-order chi connectivity index (χ1) is 7.65. The van der Waals surface area contributed by atoms with Gasteiger partial charge in [0, 0.05) is 5.39 Å². The van der Waals surface area contributed by atoms with Crippen molar-refractivity contribution in [3.63, 3.8) is 0 Å². The lowest BCUT2D eigenvalue weighted by Crippen LogP contribution is -2.00. The van der Waals surface area contributed by atoms with E-state index in [-0.39, 0.29) is 11.2 Å². The minimum Gasteiger partial charge on any atom is -0.477 e. The monoisotopic (exact) mass is 221 g/mol. The predicted molar refractivity (Wildman–Crippen MR) is 59.2 cm³/mol. The minimum atomic E-state index is -1.04. The highest BCUT2D eigenvalue weighted by atomic mass is 19.1. The molecule has 0 fully saturated rings. The van der Waals surface area contributed by atoms with Crippen LogP contribution in [0.15, 0.2) is 18.2 Å². The third-order valence-corrected chi connectivity index (χ3v) is 2.60. The number of carbonyl (C=O) groups is 1. The van der Waals surface area contributed by atoms with Crippen LogP contribution in [0.3, 0.4) is 0 Å². The first-order valence-electron chi connectivity index (χ1n) is 5.17.